The second kappa shape index (κ2) is 8.90. The van der Waals surface area contributed by atoms with E-state index < -0.39 is 5.91 Å². The Morgan fingerprint density at radius 3 is 2.42 bits per heavy atom. The number of hydrogen-bond acceptors (Lipinski definition) is 3. The highest BCUT2D eigenvalue weighted by Gasteiger charge is 2.25. The van der Waals surface area contributed by atoms with E-state index in [1.165, 1.54) is 7.11 Å². The molecule has 0 fully saturated rings. The fourth-order valence-corrected chi connectivity index (χ4v) is 3.35. The topological polar surface area (TPSA) is 74.3 Å². The third-order valence-corrected chi connectivity index (χ3v) is 4.79. The van der Waals surface area contributed by atoms with Crippen molar-refractivity contribution in [1.29, 1.82) is 0 Å². The summed E-state index contributed by atoms with van der Waals surface area (Å²) in [6, 6.07) is 7.31. The van der Waals surface area contributed by atoms with Crippen molar-refractivity contribution < 1.29 is 14.3 Å². The third-order valence-electron chi connectivity index (χ3n) is 4.54. The van der Waals surface area contributed by atoms with E-state index in [0.717, 1.165) is 41.9 Å². The molecule has 1 heterocycles. The van der Waals surface area contributed by atoms with Crippen molar-refractivity contribution in [3.05, 3.63) is 46.2 Å². The first kappa shape index (κ1) is 20.0. The fourth-order valence-electron chi connectivity index (χ4n) is 3.23. The van der Waals surface area contributed by atoms with Crippen molar-refractivity contribution in [1.82, 2.24) is 4.57 Å². The second-order valence-corrected chi connectivity index (χ2v) is 6.67. The van der Waals surface area contributed by atoms with Gasteiger partial charge in [0, 0.05) is 28.5 Å². The summed E-state index contributed by atoms with van der Waals surface area (Å²) in [7, 11) is 1.37. The molecule has 6 heteroatoms. The molecule has 0 saturated heterocycles. The van der Waals surface area contributed by atoms with Crippen LogP contribution in [0.5, 0.6) is 0 Å². The lowest BCUT2D eigenvalue weighted by Crippen LogP contribution is -2.13. The zero-order valence-corrected chi connectivity index (χ0v) is 16.2. The first-order chi connectivity index (χ1) is 12.4. The Morgan fingerprint density at radius 2 is 1.88 bits per heavy atom. The van der Waals surface area contributed by atoms with Crippen LogP contribution in [0, 0.1) is 6.92 Å². The molecule has 1 aromatic heterocycles. The van der Waals surface area contributed by atoms with Gasteiger partial charge in [-0.05, 0) is 37.5 Å². The van der Waals surface area contributed by atoms with Gasteiger partial charge in [0.05, 0.1) is 19.1 Å². The molecule has 1 amide bonds. The second-order valence-electron chi connectivity index (χ2n) is 6.23. The number of esters is 1. The average molecular weight is 377 g/mol. The summed E-state index contributed by atoms with van der Waals surface area (Å²) in [5, 5.41) is 0.618. The maximum absolute atomic E-state index is 12.2. The van der Waals surface area contributed by atoms with Gasteiger partial charge in [-0.2, -0.15) is 0 Å². The maximum Gasteiger partial charge on any atom is 0.305 e. The van der Waals surface area contributed by atoms with Gasteiger partial charge >= 0.3 is 5.97 Å². The van der Waals surface area contributed by atoms with Crippen molar-refractivity contribution >= 4 is 23.5 Å². The Balaban J connectivity index is 2.65. The fraction of sp³-hybridized carbons (Fsp3) is 0.400. The van der Waals surface area contributed by atoms with Crippen molar-refractivity contribution in [2.75, 3.05) is 7.11 Å². The van der Waals surface area contributed by atoms with Gasteiger partial charge in [-0.25, -0.2) is 0 Å². The van der Waals surface area contributed by atoms with E-state index in [9.17, 15) is 9.59 Å². The van der Waals surface area contributed by atoms with E-state index in [1.807, 2.05) is 19.1 Å². The smallest absolute Gasteiger partial charge is 0.305 e. The molecule has 0 saturated carbocycles. The van der Waals surface area contributed by atoms with Crippen LogP contribution in [0.1, 0.15) is 47.9 Å². The predicted molar refractivity (Wildman–Crippen MR) is 103 cm³/mol. The highest BCUT2D eigenvalue weighted by atomic mass is 35.5. The number of aromatic nitrogens is 1. The molecule has 26 heavy (non-hydrogen) atoms. The molecule has 0 aliphatic rings. The van der Waals surface area contributed by atoms with Crippen LogP contribution in [0.4, 0.5) is 0 Å². The number of ether oxygens (including phenoxy) is 1. The number of carbonyl (C=O) groups is 2. The van der Waals surface area contributed by atoms with Crippen LogP contribution in [0.2, 0.25) is 5.02 Å². The Labute approximate surface area is 159 Å². The first-order valence-electron chi connectivity index (χ1n) is 8.75. The molecule has 2 rings (SSSR count). The Kier molecular flexibility index (Phi) is 6.86. The summed E-state index contributed by atoms with van der Waals surface area (Å²) in [6.07, 6.45) is 2.71. The quantitative estimate of drug-likeness (QED) is 0.704. The van der Waals surface area contributed by atoms with Crippen molar-refractivity contribution in [2.45, 2.75) is 46.1 Å². The summed E-state index contributed by atoms with van der Waals surface area (Å²) in [5.74, 6) is -0.754. The molecule has 0 unspecified atom stereocenters. The number of primary amides is 1. The van der Waals surface area contributed by atoms with Crippen molar-refractivity contribution in [3.8, 4) is 11.1 Å². The standard InChI is InChI=1S/C20H25ClN2O3/c1-4-5-12-23-13(2)18(20(22)25)19(14-6-8-15(21)9-7-14)16(23)10-11-17(24)26-3/h6-9H,4-5,10-12H2,1-3H3,(H2,22,25). The number of hydrogen-bond donors (Lipinski definition) is 1. The Hall–Kier alpha value is -2.27. The molecule has 0 aliphatic heterocycles. The minimum absolute atomic E-state index is 0.241. The predicted octanol–water partition coefficient (Wildman–Crippen LogP) is 4.12. The molecule has 2 N–H and O–H groups in total. The molecule has 2 aromatic rings. The monoisotopic (exact) mass is 376 g/mol. The molecule has 0 radical (unpaired) electrons. The van der Waals surface area contributed by atoms with Gasteiger partial charge < -0.3 is 15.0 Å². The van der Waals surface area contributed by atoms with Crippen LogP contribution in [-0.4, -0.2) is 23.6 Å². The van der Waals surface area contributed by atoms with Crippen LogP contribution < -0.4 is 5.73 Å². The molecular formula is C20H25ClN2O3. The Bertz CT molecular complexity index is 794. The normalized spacial score (nSPS) is 10.8. The van der Waals surface area contributed by atoms with Crippen molar-refractivity contribution in [2.24, 2.45) is 5.73 Å². The number of amides is 1. The van der Waals surface area contributed by atoms with E-state index in [2.05, 4.69) is 11.5 Å². The van der Waals surface area contributed by atoms with Gasteiger partial charge in [-0.1, -0.05) is 37.1 Å². The van der Waals surface area contributed by atoms with E-state index in [0.29, 0.717) is 17.0 Å². The molecule has 5 nitrogen and oxygen atoms in total. The number of benzene rings is 1. The largest absolute Gasteiger partial charge is 0.469 e. The number of rotatable bonds is 8. The zero-order chi connectivity index (χ0) is 19.3. The zero-order valence-electron chi connectivity index (χ0n) is 15.5. The molecule has 140 valence electrons. The number of carbonyl (C=O) groups excluding carboxylic acids is 2. The molecule has 0 spiro atoms. The summed E-state index contributed by atoms with van der Waals surface area (Å²) < 4.78 is 6.89. The number of halogens is 1. The van der Waals surface area contributed by atoms with Gasteiger partial charge in [0.1, 0.15) is 0 Å². The van der Waals surface area contributed by atoms with E-state index in [4.69, 9.17) is 22.1 Å². The summed E-state index contributed by atoms with van der Waals surface area (Å²) in [5.41, 5.74) is 9.61. The van der Waals surface area contributed by atoms with Crippen LogP contribution in [0.3, 0.4) is 0 Å². The van der Waals surface area contributed by atoms with Crippen LogP contribution in [0.15, 0.2) is 24.3 Å². The summed E-state index contributed by atoms with van der Waals surface area (Å²) in [6.45, 7) is 4.78. The Morgan fingerprint density at radius 1 is 1.23 bits per heavy atom. The van der Waals surface area contributed by atoms with E-state index in [1.54, 1.807) is 12.1 Å². The maximum atomic E-state index is 12.2. The highest BCUT2D eigenvalue weighted by Crippen LogP contribution is 2.34. The van der Waals surface area contributed by atoms with E-state index in [-0.39, 0.29) is 12.4 Å². The molecule has 0 aliphatic carbocycles. The number of methoxy groups -OCH3 is 1. The lowest BCUT2D eigenvalue weighted by Gasteiger charge is -2.13. The molecule has 0 bridgehead atoms. The lowest BCUT2D eigenvalue weighted by molar-refractivity contribution is -0.140. The number of nitrogens with two attached hydrogens (primary N) is 1. The summed E-state index contributed by atoms with van der Waals surface area (Å²) >= 11 is 6.01. The minimum Gasteiger partial charge on any atom is -0.469 e. The minimum atomic E-state index is -0.470. The SMILES string of the molecule is CCCCn1c(C)c(C(N)=O)c(-c2ccc(Cl)cc2)c1CCC(=O)OC. The van der Waals surface area contributed by atoms with Gasteiger partial charge in [0.15, 0.2) is 0 Å². The van der Waals surface area contributed by atoms with Gasteiger partial charge in [-0.15, -0.1) is 0 Å². The van der Waals surface area contributed by atoms with E-state index >= 15 is 0 Å². The van der Waals surface area contributed by atoms with Crippen LogP contribution in [-0.2, 0) is 22.5 Å². The van der Waals surface area contributed by atoms with Crippen LogP contribution >= 0.6 is 11.6 Å². The third kappa shape index (κ3) is 4.28. The first-order valence-corrected chi connectivity index (χ1v) is 9.13. The molecule has 0 atom stereocenters. The highest BCUT2D eigenvalue weighted by molar-refractivity contribution is 6.30. The van der Waals surface area contributed by atoms with Gasteiger partial charge in [0.2, 0.25) is 0 Å². The van der Waals surface area contributed by atoms with Crippen molar-refractivity contribution in [3.63, 3.8) is 0 Å². The molecular weight excluding hydrogens is 352 g/mol. The van der Waals surface area contributed by atoms with Gasteiger partial charge in [-0.3, -0.25) is 9.59 Å². The number of nitrogens with zero attached hydrogens (tertiary/aromatic N) is 1. The van der Waals surface area contributed by atoms with Gasteiger partial charge in [0.25, 0.3) is 5.91 Å². The lowest BCUT2D eigenvalue weighted by atomic mass is 9.98. The summed E-state index contributed by atoms with van der Waals surface area (Å²) in [4.78, 5) is 23.9. The average Bonchev–Trinajstić information content (AvgIpc) is 2.90. The van der Waals surface area contributed by atoms with Crippen LogP contribution in [0.25, 0.3) is 11.1 Å². The number of unbranched alkanes of at least 4 members (excludes halogenated alkanes) is 1. The molecule has 1 aromatic carbocycles.